The van der Waals surface area contributed by atoms with E-state index in [4.69, 9.17) is 4.74 Å². The lowest BCUT2D eigenvalue weighted by atomic mass is 10.1. The van der Waals surface area contributed by atoms with Crippen LogP contribution >= 0.6 is 11.3 Å². The summed E-state index contributed by atoms with van der Waals surface area (Å²) in [6, 6.07) is 7.00. The van der Waals surface area contributed by atoms with Gasteiger partial charge in [-0.1, -0.05) is 29.0 Å². The molecule has 0 saturated carbocycles. The molecule has 0 aliphatic heterocycles. The Labute approximate surface area is 157 Å². The summed E-state index contributed by atoms with van der Waals surface area (Å²) in [5.74, 6) is -0.371. The van der Waals surface area contributed by atoms with Crippen LogP contribution in [0.1, 0.15) is 36.2 Å². The second-order valence-electron chi connectivity index (χ2n) is 5.86. The van der Waals surface area contributed by atoms with Gasteiger partial charge in [0.05, 0.1) is 6.10 Å². The number of rotatable bonds is 9. The van der Waals surface area contributed by atoms with Crippen molar-refractivity contribution in [3.05, 3.63) is 35.4 Å². The lowest BCUT2D eigenvalue weighted by Gasteiger charge is -2.07. The summed E-state index contributed by atoms with van der Waals surface area (Å²) in [5, 5.41) is 10.1. The van der Waals surface area contributed by atoms with Crippen molar-refractivity contribution in [2.45, 2.75) is 37.6 Å². The Morgan fingerprint density at radius 3 is 2.58 bits per heavy atom. The van der Waals surface area contributed by atoms with Gasteiger partial charge >= 0.3 is 0 Å². The van der Waals surface area contributed by atoms with Gasteiger partial charge in [0.25, 0.3) is 15.9 Å². The van der Waals surface area contributed by atoms with Gasteiger partial charge in [-0.15, -0.1) is 10.2 Å². The summed E-state index contributed by atoms with van der Waals surface area (Å²) in [6.45, 7) is 6.45. The first-order valence-electron chi connectivity index (χ1n) is 8.11. The summed E-state index contributed by atoms with van der Waals surface area (Å²) in [4.78, 5) is 12.1. The third-order valence-corrected chi connectivity index (χ3v) is 5.90. The summed E-state index contributed by atoms with van der Waals surface area (Å²) < 4.78 is 32.0. The highest BCUT2D eigenvalue weighted by molar-refractivity contribution is 7.91. The Morgan fingerprint density at radius 1 is 1.23 bits per heavy atom. The molecule has 2 aromatic rings. The van der Waals surface area contributed by atoms with Crippen LogP contribution in [-0.2, 0) is 14.8 Å². The van der Waals surface area contributed by atoms with Crippen molar-refractivity contribution in [1.29, 1.82) is 0 Å². The first-order valence-corrected chi connectivity index (χ1v) is 10.4. The molecule has 0 atom stereocenters. The van der Waals surface area contributed by atoms with E-state index in [2.05, 4.69) is 20.2 Å². The largest absolute Gasteiger partial charge is 0.379 e. The minimum absolute atomic E-state index is 0.106. The third-order valence-electron chi connectivity index (χ3n) is 3.23. The Morgan fingerprint density at radius 2 is 1.92 bits per heavy atom. The zero-order chi connectivity index (χ0) is 19.2. The average Bonchev–Trinajstić information content (AvgIpc) is 3.04. The van der Waals surface area contributed by atoms with Crippen LogP contribution in [0.15, 0.2) is 28.6 Å². The van der Waals surface area contributed by atoms with Gasteiger partial charge in [-0.2, -0.15) is 0 Å². The molecule has 1 aromatic heterocycles. The van der Waals surface area contributed by atoms with Crippen LogP contribution in [0.3, 0.4) is 0 Å². The van der Waals surface area contributed by atoms with E-state index in [1.165, 1.54) is 0 Å². The monoisotopic (exact) mass is 398 g/mol. The number of nitrogens with one attached hydrogen (secondary N) is 2. The third kappa shape index (κ3) is 6.13. The number of amides is 1. The van der Waals surface area contributed by atoms with Crippen molar-refractivity contribution >= 4 is 32.4 Å². The smallest absolute Gasteiger partial charge is 0.269 e. The minimum atomic E-state index is -3.76. The normalized spacial score (nSPS) is 11.7. The van der Waals surface area contributed by atoms with Gasteiger partial charge in [-0.25, -0.2) is 13.1 Å². The lowest BCUT2D eigenvalue weighted by Crippen LogP contribution is -2.25. The number of carbonyl (C=O) groups excluding carboxylic acids is 1. The second kappa shape index (κ2) is 9.17. The number of anilines is 1. The minimum Gasteiger partial charge on any atom is -0.379 e. The summed E-state index contributed by atoms with van der Waals surface area (Å²) in [6.07, 6.45) is 0.655. The van der Waals surface area contributed by atoms with Crippen molar-refractivity contribution < 1.29 is 17.9 Å². The van der Waals surface area contributed by atoms with Crippen molar-refractivity contribution in [3.63, 3.8) is 0 Å². The molecule has 0 bridgehead atoms. The molecule has 26 heavy (non-hydrogen) atoms. The molecule has 0 aliphatic rings. The molecule has 0 spiro atoms. The van der Waals surface area contributed by atoms with E-state index in [9.17, 15) is 13.2 Å². The Bertz CT molecular complexity index is 832. The number of nitrogens with zero attached hydrogens (tertiary/aromatic N) is 2. The van der Waals surface area contributed by atoms with E-state index in [0.717, 1.165) is 16.9 Å². The molecule has 8 nitrogen and oxygen atoms in total. The van der Waals surface area contributed by atoms with Crippen LogP contribution in [0.2, 0.25) is 0 Å². The maximum Gasteiger partial charge on any atom is 0.269 e. The number of aromatic nitrogens is 2. The fourth-order valence-electron chi connectivity index (χ4n) is 1.90. The molecule has 0 aliphatic carbocycles. The number of ether oxygens (including phenoxy) is 1. The van der Waals surface area contributed by atoms with Crippen molar-refractivity contribution in [1.82, 2.24) is 14.9 Å². The molecule has 0 fully saturated rings. The molecule has 0 radical (unpaired) electrons. The maximum absolute atomic E-state index is 12.2. The Kier molecular flexibility index (Phi) is 7.21. The number of benzene rings is 1. The SMILES string of the molecule is Cc1ccc(C(=O)Nc2nnc(S(=O)(=O)NCCCOC(C)C)s2)cc1. The molecule has 1 amide bonds. The van der Waals surface area contributed by atoms with E-state index >= 15 is 0 Å². The highest BCUT2D eigenvalue weighted by atomic mass is 32.2. The highest BCUT2D eigenvalue weighted by Gasteiger charge is 2.20. The average molecular weight is 399 g/mol. The van der Waals surface area contributed by atoms with Crippen LogP contribution < -0.4 is 10.0 Å². The van der Waals surface area contributed by atoms with Gasteiger partial charge < -0.3 is 4.74 Å². The first kappa shape index (κ1) is 20.4. The fraction of sp³-hybridized carbons (Fsp3) is 0.438. The number of hydrogen-bond donors (Lipinski definition) is 2. The van der Waals surface area contributed by atoms with E-state index in [-0.39, 0.29) is 28.0 Å². The van der Waals surface area contributed by atoms with Crippen LogP contribution in [0, 0.1) is 6.92 Å². The maximum atomic E-state index is 12.2. The van der Waals surface area contributed by atoms with Gasteiger partial charge in [0.2, 0.25) is 9.47 Å². The summed E-state index contributed by atoms with van der Waals surface area (Å²) >= 11 is 0.799. The quantitative estimate of drug-likeness (QED) is 0.495. The predicted octanol–water partition coefficient (Wildman–Crippen LogP) is 2.19. The molecule has 2 N–H and O–H groups in total. The van der Waals surface area contributed by atoms with Crippen molar-refractivity contribution in [2.75, 3.05) is 18.5 Å². The Balaban J connectivity index is 1.91. The summed E-state index contributed by atoms with van der Waals surface area (Å²) in [5.41, 5.74) is 1.49. The molecule has 10 heteroatoms. The molecule has 1 heterocycles. The molecule has 0 unspecified atom stereocenters. The van der Waals surface area contributed by atoms with E-state index < -0.39 is 10.0 Å². The Hall–Kier alpha value is -1.88. The molecule has 0 saturated heterocycles. The first-order chi connectivity index (χ1) is 12.3. The van der Waals surface area contributed by atoms with Gasteiger partial charge in [0.1, 0.15) is 0 Å². The number of aryl methyl sites for hydroxylation is 1. The van der Waals surface area contributed by atoms with Crippen LogP contribution in [0.25, 0.3) is 0 Å². The number of hydrogen-bond acceptors (Lipinski definition) is 7. The van der Waals surface area contributed by atoms with E-state index in [1.807, 2.05) is 32.9 Å². The number of sulfonamides is 1. The van der Waals surface area contributed by atoms with Crippen LogP contribution in [0.4, 0.5) is 5.13 Å². The summed E-state index contributed by atoms with van der Waals surface area (Å²) in [7, 11) is -3.76. The van der Waals surface area contributed by atoms with Crippen molar-refractivity contribution in [3.8, 4) is 0 Å². The second-order valence-corrected chi connectivity index (χ2v) is 8.78. The standard InChI is InChI=1S/C16H22N4O4S2/c1-11(2)24-10-4-9-17-26(22,23)16-20-19-15(25-16)18-14(21)13-7-5-12(3)6-8-13/h5-8,11,17H,4,9-10H2,1-3H3,(H,18,19,21). The molecule has 2 rings (SSSR count). The van der Waals surface area contributed by atoms with Gasteiger partial charge in [-0.05, 0) is 39.3 Å². The zero-order valence-corrected chi connectivity index (χ0v) is 16.5. The van der Waals surface area contributed by atoms with E-state index in [1.54, 1.807) is 12.1 Å². The molecule has 142 valence electrons. The topological polar surface area (TPSA) is 110 Å². The molecular formula is C16H22N4O4S2. The van der Waals surface area contributed by atoms with Crippen LogP contribution in [-0.4, -0.2) is 43.8 Å². The lowest BCUT2D eigenvalue weighted by molar-refractivity contribution is 0.0778. The molecular weight excluding hydrogens is 376 g/mol. The highest BCUT2D eigenvalue weighted by Crippen LogP contribution is 2.20. The van der Waals surface area contributed by atoms with Crippen molar-refractivity contribution in [2.24, 2.45) is 0 Å². The zero-order valence-electron chi connectivity index (χ0n) is 14.9. The molecule has 1 aromatic carbocycles. The van der Waals surface area contributed by atoms with Gasteiger partial charge in [0, 0.05) is 18.7 Å². The predicted molar refractivity (Wildman–Crippen MR) is 99.9 cm³/mol. The van der Waals surface area contributed by atoms with Gasteiger partial charge in [0.15, 0.2) is 0 Å². The fourth-order valence-corrected chi connectivity index (χ4v) is 3.91. The number of carbonyl (C=O) groups is 1. The van der Waals surface area contributed by atoms with Gasteiger partial charge in [-0.3, -0.25) is 10.1 Å². The van der Waals surface area contributed by atoms with E-state index in [0.29, 0.717) is 18.6 Å². The van der Waals surface area contributed by atoms with Crippen LogP contribution in [0.5, 0.6) is 0 Å².